The molecule has 1 aliphatic heterocycles. The van der Waals surface area contributed by atoms with Gasteiger partial charge in [0.05, 0.1) is 11.4 Å². The van der Waals surface area contributed by atoms with Crippen molar-refractivity contribution in [2.45, 2.75) is 12.8 Å². The van der Waals surface area contributed by atoms with E-state index in [0.717, 1.165) is 18.7 Å². The molecule has 0 aromatic carbocycles. The number of nitrogens with zero attached hydrogens (tertiary/aromatic N) is 2. The Labute approximate surface area is 66.0 Å². The van der Waals surface area contributed by atoms with Crippen LogP contribution in [-0.4, -0.2) is 17.2 Å². The van der Waals surface area contributed by atoms with Gasteiger partial charge in [0.25, 0.3) is 0 Å². The summed E-state index contributed by atoms with van der Waals surface area (Å²) >= 11 is 0. The molecular formula is C9H10N2. The molecule has 56 valence electrons. The number of aliphatic imine (C=N–C) groups is 1. The second-order valence-electron chi connectivity index (χ2n) is 2.65. The first kappa shape index (κ1) is 6.53. The van der Waals surface area contributed by atoms with Crippen LogP contribution in [0.1, 0.15) is 18.5 Å². The average Bonchev–Trinajstić information content (AvgIpc) is 2.58. The van der Waals surface area contributed by atoms with Crippen molar-refractivity contribution in [3.63, 3.8) is 0 Å². The van der Waals surface area contributed by atoms with E-state index in [4.69, 9.17) is 0 Å². The zero-order chi connectivity index (χ0) is 7.52. The largest absolute Gasteiger partial charge is 0.288 e. The summed E-state index contributed by atoms with van der Waals surface area (Å²) in [6, 6.07) is 5.95. The maximum absolute atomic E-state index is 4.36. The van der Waals surface area contributed by atoms with E-state index >= 15 is 0 Å². The van der Waals surface area contributed by atoms with Crippen LogP contribution in [0.25, 0.3) is 0 Å². The zero-order valence-electron chi connectivity index (χ0n) is 6.33. The fourth-order valence-corrected chi connectivity index (χ4v) is 1.28. The second-order valence-corrected chi connectivity index (χ2v) is 2.65. The van der Waals surface area contributed by atoms with Gasteiger partial charge in [-0.1, -0.05) is 6.07 Å². The Bertz CT molecular complexity index is 264. The minimum Gasteiger partial charge on any atom is -0.288 e. The molecule has 1 aromatic heterocycles. The number of rotatable bonds is 1. The van der Waals surface area contributed by atoms with E-state index in [2.05, 4.69) is 9.98 Å². The average molecular weight is 146 g/mol. The Morgan fingerprint density at radius 3 is 2.91 bits per heavy atom. The molecule has 2 nitrogen and oxygen atoms in total. The summed E-state index contributed by atoms with van der Waals surface area (Å²) in [5, 5.41) is 0. The van der Waals surface area contributed by atoms with E-state index in [-0.39, 0.29) is 0 Å². The van der Waals surface area contributed by atoms with E-state index in [0.29, 0.717) is 0 Å². The summed E-state index contributed by atoms with van der Waals surface area (Å²) in [4.78, 5) is 8.59. The van der Waals surface area contributed by atoms with Crippen molar-refractivity contribution in [2.75, 3.05) is 6.54 Å². The van der Waals surface area contributed by atoms with Crippen LogP contribution >= 0.6 is 0 Å². The molecule has 0 spiro atoms. The first-order chi connectivity index (χ1) is 5.47. The molecule has 11 heavy (non-hydrogen) atoms. The van der Waals surface area contributed by atoms with Crippen molar-refractivity contribution in [3.05, 3.63) is 30.1 Å². The van der Waals surface area contributed by atoms with Gasteiger partial charge in [0.2, 0.25) is 0 Å². The van der Waals surface area contributed by atoms with Gasteiger partial charge >= 0.3 is 0 Å². The summed E-state index contributed by atoms with van der Waals surface area (Å²) in [6.45, 7) is 0.978. The third kappa shape index (κ3) is 1.29. The van der Waals surface area contributed by atoms with Crippen molar-refractivity contribution in [1.82, 2.24) is 4.98 Å². The van der Waals surface area contributed by atoms with Crippen LogP contribution in [-0.2, 0) is 0 Å². The number of pyridine rings is 1. The highest BCUT2D eigenvalue weighted by Gasteiger charge is 2.08. The van der Waals surface area contributed by atoms with Gasteiger partial charge in [-0.05, 0) is 25.0 Å². The highest BCUT2D eigenvalue weighted by atomic mass is 14.8. The molecule has 2 heteroatoms. The fraction of sp³-hybridized carbons (Fsp3) is 0.333. The van der Waals surface area contributed by atoms with Crippen LogP contribution < -0.4 is 0 Å². The Kier molecular flexibility index (Phi) is 1.68. The van der Waals surface area contributed by atoms with Crippen molar-refractivity contribution >= 4 is 5.71 Å². The molecule has 1 aromatic rings. The summed E-state index contributed by atoms with van der Waals surface area (Å²) in [5.41, 5.74) is 2.22. The molecule has 0 fully saturated rings. The number of hydrogen-bond acceptors (Lipinski definition) is 2. The maximum atomic E-state index is 4.36. The van der Waals surface area contributed by atoms with Crippen LogP contribution in [0.5, 0.6) is 0 Å². The van der Waals surface area contributed by atoms with Crippen LogP contribution in [0.4, 0.5) is 0 Å². The van der Waals surface area contributed by atoms with E-state index < -0.39 is 0 Å². The molecule has 0 aliphatic carbocycles. The van der Waals surface area contributed by atoms with E-state index in [1.165, 1.54) is 12.1 Å². The molecule has 0 radical (unpaired) electrons. The smallest absolute Gasteiger partial charge is 0.0839 e. The monoisotopic (exact) mass is 146 g/mol. The molecule has 0 unspecified atom stereocenters. The lowest BCUT2D eigenvalue weighted by Crippen LogP contribution is -1.97. The molecular weight excluding hydrogens is 136 g/mol. The lowest BCUT2D eigenvalue weighted by atomic mass is 10.2. The van der Waals surface area contributed by atoms with Gasteiger partial charge in [0.15, 0.2) is 0 Å². The molecule has 0 N–H and O–H groups in total. The standard InChI is InChI=1S/C9H10N2/c1-2-6-10-8(4-1)9-5-3-7-11-9/h1-2,4,6H,3,5,7H2. The number of hydrogen-bond donors (Lipinski definition) is 0. The van der Waals surface area contributed by atoms with Crippen molar-refractivity contribution in [1.29, 1.82) is 0 Å². The lowest BCUT2D eigenvalue weighted by Gasteiger charge is -1.95. The second kappa shape index (κ2) is 2.82. The third-order valence-electron chi connectivity index (χ3n) is 1.83. The molecule has 0 saturated carbocycles. The first-order valence-electron chi connectivity index (χ1n) is 3.91. The summed E-state index contributed by atoms with van der Waals surface area (Å²) in [5.74, 6) is 0. The van der Waals surface area contributed by atoms with Crippen LogP contribution in [0.15, 0.2) is 29.4 Å². The van der Waals surface area contributed by atoms with Gasteiger partial charge in [-0.25, -0.2) is 0 Å². The third-order valence-corrected chi connectivity index (χ3v) is 1.83. The molecule has 0 saturated heterocycles. The van der Waals surface area contributed by atoms with E-state index in [9.17, 15) is 0 Å². The van der Waals surface area contributed by atoms with E-state index in [1.807, 2.05) is 24.4 Å². The summed E-state index contributed by atoms with van der Waals surface area (Å²) in [6.07, 6.45) is 4.10. The Balaban J connectivity index is 2.29. The van der Waals surface area contributed by atoms with E-state index in [1.54, 1.807) is 0 Å². The van der Waals surface area contributed by atoms with Crippen molar-refractivity contribution in [3.8, 4) is 0 Å². The Morgan fingerprint density at radius 2 is 2.27 bits per heavy atom. The SMILES string of the molecule is c1ccc(C2=NCCC2)nc1. The van der Waals surface area contributed by atoms with Crippen molar-refractivity contribution in [2.24, 2.45) is 4.99 Å². The predicted octanol–water partition coefficient (Wildman–Crippen LogP) is 1.66. The van der Waals surface area contributed by atoms with Gasteiger partial charge in [-0.3, -0.25) is 9.98 Å². The first-order valence-corrected chi connectivity index (χ1v) is 3.91. The minimum absolute atomic E-state index is 0.978. The van der Waals surface area contributed by atoms with Crippen molar-refractivity contribution < 1.29 is 0 Å². The molecule has 2 heterocycles. The van der Waals surface area contributed by atoms with Gasteiger partial charge < -0.3 is 0 Å². The highest BCUT2D eigenvalue weighted by molar-refractivity contribution is 5.99. The lowest BCUT2D eigenvalue weighted by molar-refractivity contribution is 0.950. The molecule has 0 bridgehead atoms. The number of aromatic nitrogens is 1. The molecule has 0 amide bonds. The predicted molar refractivity (Wildman–Crippen MR) is 44.9 cm³/mol. The summed E-state index contributed by atoms with van der Waals surface area (Å²) in [7, 11) is 0. The zero-order valence-corrected chi connectivity index (χ0v) is 6.33. The highest BCUT2D eigenvalue weighted by Crippen LogP contribution is 2.09. The quantitative estimate of drug-likeness (QED) is 0.591. The topological polar surface area (TPSA) is 25.2 Å². The molecule has 0 atom stereocenters. The van der Waals surface area contributed by atoms with Gasteiger partial charge in [0, 0.05) is 12.7 Å². The maximum Gasteiger partial charge on any atom is 0.0839 e. The summed E-state index contributed by atoms with van der Waals surface area (Å²) < 4.78 is 0. The Hall–Kier alpha value is -1.18. The molecule has 1 aliphatic rings. The van der Waals surface area contributed by atoms with Crippen LogP contribution in [0.2, 0.25) is 0 Å². The van der Waals surface area contributed by atoms with Gasteiger partial charge in [-0.15, -0.1) is 0 Å². The van der Waals surface area contributed by atoms with Gasteiger partial charge in [0.1, 0.15) is 0 Å². The normalized spacial score (nSPS) is 16.5. The fourth-order valence-electron chi connectivity index (χ4n) is 1.28. The van der Waals surface area contributed by atoms with Crippen LogP contribution in [0, 0.1) is 0 Å². The Morgan fingerprint density at radius 1 is 1.27 bits per heavy atom. The minimum atomic E-state index is 0.978. The molecule has 2 rings (SSSR count). The van der Waals surface area contributed by atoms with Gasteiger partial charge in [-0.2, -0.15) is 0 Å². The van der Waals surface area contributed by atoms with Crippen LogP contribution in [0.3, 0.4) is 0 Å².